The molecular formula is C56H57Cl2F3SiZr-2. The first kappa shape index (κ1) is 49.0. The second-order valence-corrected chi connectivity index (χ2v) is 26.1. The number of hydrogen-bond acceptors (Lipinski definition) is 0. The molecule has 63 heavy (non-hydrogen) atoms. The SMILES string of the molecule is C[Si](=[Zr+2])CCC(F)(F)F.[Cl-].[Cl-].c1ccc2cc(-c3cccc4[cH-]c(CC5CCCCC5)cc34)ccc2c1.c1ccc2cc(-c3cccc4[cH-]c(CC5CCCCC5)cc34)ccc2c1. The predicted octanol–water partition coefficient (Wildman–Crippen LogP) is 11.1. The van der Waals surface area contributed by atoms with Crippen molar-refractivity contribution in [2.75, 3.05) is 0 Å². The van der Waals surface area contributed by atoms with Crippen LogP contribution in [0.25, 0.3) is 65.3 Å². The number of fused-ring (bicyclic) bond motifs is 4. The molecule has 0 bridgehead atoms. The summed E-state index contributed by atoms with van der Waals surface area (Å²) in [5.41, 5.74) is 7.83. The molecule has 10 rings (SSSR count). The van der Waals surface area contributed by atoms with Gasteiger partial charge in [-0.25, -0.2) is 0 Å². The molecule has 2 aliphatic rings. The molecule has 2 fully saturated rings. The fraction of sp³-hybridized carbons (Fsp3) is 0.321. The van der Waals surface area contributed by atoms with Gasteiger partial charge in [-0.15, -0.1) is 69.1 Å². The summed E-state index contributed by atoms with van der Waals surface area (Å²) in [5, 5.41) is 10.9. The van der Waals surface area contributed by atoms with Gasteiger partial charge in [-0.2, -0.15) is 12.1 Å². The zero-order valence-electron chi connectivity index (χ0n) is 36.3. The molecule has 0 N–H and O–H groups in total. The Bertz CT molecular complexity index is 2540. The molecule has 0 atom stereocenters. The minimum absolute atomic E-state index is 0. The Morgan fingerprint density at radius 1 is 0.524 bits per heavy atom. The van der Waals surface area contributed by atoms with Crippen molar-refractivity contribution in [2.45, 2.75) is 102 Å². The molecule has 8 aromatic carbocycles. The van der Waals surface area contributed by atoms with Crippen molar-refractivity contribution in [3.8, 4) is 22.3 Å². The largest absolute Gasteiger partial charge is 1.00 e. The van der Waals surface area contributed by atoms with Crippen molar-refractivity contribution in [2.24, 2.45) is 11.8 Å². The van der Waals surface area contributed by atoms with Gasteiger partial charge in [-0.1, -0.05) is 160 Å². The van der Waals surface area contributed by atoms with E-state index in [1.54, 1.807) is 0 Å². The first-order chi connectivity index (χ1) is 29.6. The van der Waals surface area contributed by atoms with E-state index in [1.807, 2.05) is 6.55 Å². The Labute approximate surface area is 400 Å². The molecule has 0 aliphatic heterocycles. The minimum atomic E-state index is -3.93. The van der Waals surface area contributed by atoms with Gasteiger partial charge in [0.1, 0.15) is 0 Å². The topological polar surface area (TPSA) is 0 Å². The molecule has 0 aromatic heterocycles. The van der Waals surface area contributed by atoms with E-state index in [9.17, 15) is 13.2 Å². The first-order valence-electron chi connectivity index (χ1n) is 22.6. The van der Waals surface area contributed by atoms with E-state index < -0.39 is 18.0 Å². The maximum Gasteiger partial charge on any atom is -0.0178 e. The van der Waals surface area contributed by atoms with Gasteiger partial charge >= 0.3 is 67.1 Å². The zero-order chi connectivity index (χ0) is 42.2. The molecule has 0 unspecified atom stereocenters. The van der Waals surface area contributed by atoms with Crippen LogP contribution in [0.15, 0.2) is 146 Å². The fourth-order valence-electron chi connectivity index (χ4n) is 9.82. The molecule has 0 heterocycles. The van der Waals surface area contributed by atoms with Gasteiger partial charge in [-0.05, 0) is 69.5 Å². The first-order valence-corrected chi connectivity index (χ1v) is 28.5. The smallest absolute Gasteiger partial charge is 0.0178 e. The van der Waals surface area contributed by atoms with Crippen LogP contribution in [-0.2, 0) is 36.2 Å². The molecule has 2 saturated carbocycles. The fourth-order valence-corrected chi connectivity index (χ4v) is 11.4. The molecule has 2 aliphatic carbocycles. The third kappa shape index (κ3) is 13.3. The Hall–Kier alpha value is -3.47. The van der Waals surface area contributed by atoms with E-state index in [4.69, 9.17) is 0 Å². The van der Waals surface area contributed by atoms with Crippen LogP contribution in [0.2, 0.25) is 12.6 Å². The molecule has 0 radical (unpaired) electrons. The summed E-state index contributed by atoms with van der Waals surface area (Å²) in [7, 11) is 0. The van der Waals surface area contributed by atoms with Crippen molar-refractivity contribution < 1.29 is 61.3 Å². The normalized spacial score (nSPS) is 14.6. The van der Waals surface area contributed by atoms with Crippen LogP contribution in [0.1, 0.15) is 81.8 Å². The van der Waals surface area contributed by atoms with Gasteiger partial charge in [-0.3, -0.25) is 0 Å². The van der Waals surface area contributed by atoms with Gasteiger partial charge in [0.25, 0.3) is 0 Å². The molecule has 0 spiro atoms. The average molecular weight is 977 g/mol. The number of benzene rings is 6. The minimum Gasteiger partial charge on any atom is -1.00 e. The third-order valence-corrected chi connectivity index (χ3v) is 15.9. The van der Waals surface area contributed by atoms with Crippen molar-refractivity contribution in [3.05, 3.63) is 157 Å². The quantitative estimate of drug-likeness (QED) is 0.105. The summed E-state index contributed by atoms with van der Waals surface area (Å²) >= 11 is 1.29. The number of rotatable bonds is 8. The van der Waals surface area contributed by atoms with Crippen LogP contribution >= 0.6 is 0 Å². The Balaban J connectivity index is 0.000000172. The van der Waals surface area contributed by atoms with Gasteiger partial charge in [0, 0.05) is 0 Å². The van der Waals surface area contributed by atoms with E-state index in [2.05, 4.69) is 146 Å². The molecule has 8 aromatic rings. The maximum atomic E-state index is 11.4. The summed E-state index contributed by atoms with van der Waals surface area (Å²) in [6.07, 6.45) is 12.2. The van der Waals surface area contributed by atoms with Crippen LogP contribution < -0.4 is 24.8 Å². The summed E-state index contributed by atoms with van der Waals surface area (Å²) in [4.78, 5) is 0. The Morgan fingerprint density at radius 3 is 1.32 bits per heavy atom. The van der Waals surface area contributed by atoms with E-state index in [1.165, 1.54) is 177 Å². The molecule has 0 amide bonds. The van der Waals surface area contributed by atoms with E-state index in [0.717, 1.165) is 11.8 Å². The monoisotopic (exact) mass is 974 g/mol. The van der Waals surface area contributed by atoms with Gasteiger partial charge < -0.3 is 24.8 Å². The molecule has 326 valence electrons. The van der Waals surface area contributed by atoms with Crippen molar-refractivity contribution in [1.82, 2.24) is 0 Å². The number of halogens is 5. The molecule has 7 heteroatoms. The zero-order valence-corrected chi connectivity index (χ0v) is 41.3. The summed E-state index contributed by atoms with van der Waals surface area (Å²) in [5.74, 6) is 1.79. The van der Waals surface area contributed by atoms with E-state index in [-0.39, 0.29) is 24.8 Å². The van der Waals surface area contributed by atoms with Gasteiger partial charge in [0.15, 0.2) is 0 Å². The van der Waals surface area contributed by atoms with Gasteiger partial charge in [0.05, 0.1) is 0 Å². The van der Waals surface area contributed by atoms with E-state index >= 15 is 0 Å². The third-order valence-electron chi connectivity index (χ3n) is 13.0. The van der Waals surface area contributed by atoms with Crippen LogP contribution in [0.3, 0.4) is 0 Å². The average Bonchev–Trinajstić information content (AvgIpc) is 3.89. The summed E-state index contributed by atoms with van der Waals surface area (Å²) in [6, 6.07) is 54.6. The van der Waals surface area contributed by atoms with Crippen molar-refractivity contribution >= 4 is 48.5 Å². The molecule has 0 nitrogen and oxygen atoms in total. The Kier molecular flexibility index (Phi) is 18.0. The standard InChI is InChI=1S/2C26H25.C4H7F3Si.2ClH.Zr/c2*1-2-7-19(8-3-1)15-20-16-23-11-6-12-25(26(23)17-20)24-14-13-21-9-4-5-10-22(21)18-24;1-8-3-2-4(5,6)7;;;/h2*4-6,9-14,16-19H,1-3,7-8,15H2;2-3H2,1H3;2*1H;/q2*-1;;;;+2/p-2. The van der Waals surface area contributed by atoms with Crippen LogP contribution in [0, 0.1) is 11.8 Å². The summed E-state index contributed by atoms with van der Waals surface area (Å²) in [6.45, 7) is 1.93. The molecule has 0 saturated heterocycles. The second-order valence-electron chi connectivity index (χ2n) is 17.8. The number of hydrogen-bond donors (Lipinski definition) is 0. The van der Waals surface area contributed by atoms with Crippen molar-refractivity contribution in [3.63, 3.8) is 0 Å². The maximum absolute atomic E-state index is 11.4. The van der Waals surface area contributed by atoms with Crippen LogP contribution in [-0.4, -0.2) is 11.6 Å². The van der Waals surface area contributed by atoms with Gasteiger partial charge in [0.2, 0.25) is 0 Å². The van der Waals surface area contributed by atoms with E-state index in [0.29, 0.717) is 6.04 Å². The van der Waals surface area contributed by atoms with Crippen LogP contribution in [0.5, 0.6) is 0 Å². The van der Waals surface area contributed by atoms with Crippen molar-refractivity contribution in [1.29, 1.82) is 0 Å². The van der Waals surface area contributed by atoms with Crippen LogP contribution in [0.4, 0.5) is 13.2 Å². The number of alkyl halides is 3. The molecular weight excluding hydrogens is 920 g/mol. The predicted molar refractivity (Wildman–Crippen MR) is 253 cm³/mol. The Morgan fingerprint density at radius 2 is 0.937 bits per heavy atom. The second kappa shape index (κ2) is 23.1. The summed E-state index contributed by atoms with van der Waals surface area (Å²) < 4.78 is 34.3.